The summed E-state index contributed by atoms with van der Waals surface area (Å²) in [7, 11) is 0. The predicted octanol–water partition coefficient (Wildman–Crippen LogP) is 21.1. The van der Waals surface area contributed by atoms with Crippen molar-refractivity contribution in [3.8, 4) is 0 Å². The smallest absolute Gasteiger partial charge is 0.305 e. The molecule has 0 aliphatic carbocycles. The number of carbonyl (C=O) groups excluding carboxylic acids is 4. The summed E-state index contributed by atoms with van der Waals surface area (Å²) < 4.78 is 23.8. The molecule has 0 radical (unpaired) electrons. The van der Waals surface area contributed by atoms with Crippen molar-refractivity contribution in [1.29, 1.82) is 0 Å². The first-order valence-corrected chi connectivity index (χ1v) is 38.7. The van der Waals surface area contributed by atoms with E-state index < -0.39 is 5.41 Å². The van der Waals surface area contributed by atoms with Crippen LogP contribution >= 0.6 is 0 Å². The quantitative estimate of drug-likeness (QED) is 0.0257. The van der Waals surface area contributed by atoms with Gasteiger partial charge in [0.25, 0.3) is 0 Å². The Hall–Kier alpha value is -2.28. The van der Waals surface area contributed by atoms with Crippen LogP contribution in [0, 0.1) is 5.41 Å². The summed E-state index contributed by atoms with van der Waals surface area (Å²) in [4.78, 5) is 53.6. The highest BCUT2D eigenvalue weighted by Gasteiger charge is 2.38. The zero-order valence-electron chi connectivity index (χ0n) is 59.1. The van der Waals surface area contributed by atoms with Gasteiger partial charge in [0.15, 0.2) is 0 Å². The molecule has 0 rings (SSSR count). The molecule has 0 saturated heterocycles. The van der Waals surface area contributed by atoms with Crippen LogP contribution in [0.4, 0.5) is 0 Å². The van der Waals surface area contributed by atoms with Crippen molar-refractivity contribution < 1.29 is 58.6 Å². The van der Waals surface area contributed by atoms with E-state index in [4.69, 9.17) is 18.9 Å². The van der Waals surface area contributed by atoms with Gasteiger partial charge in [0, 0.05) is 25.7 Å². The molecule has 0 aromatic rings. The van der Waals surface area contributed by atoms with Crippen LogP contribution in [-0.2, 0) is 38.1 Å². The van der Waals surface area contributed by atoms with Crippen LogP contribution in [0.5, 0.6) is 0 Å². The summed E-state index contributed by atoms with van der Waals surface area (Å²) in [6.07, 6.45) is 59.4. The number of esters is 4. The highest BCUT2D eigenvalue weighted by atomic mass is 16.6. The lowest BCUT2D eigenvalue weighted by Gasteiger charge is -2.31. The Labute approximate surface area is 549 Å². The Bertz CT molecular complexity index is 1300. The third kappa shape index (κ3) is 62.9. The van der Waals surface area contributed by atoms with Crippen LogP contribution in [0.2, 0.25) is 0 Å². The molecule has 12 nitrogen and oxygen atoms in total. The second-order valence-electron chi connectivity index (χ2n) is 27.6. The van der Waals surface area contributed by atoms with E-state index in [0.29, 0.717) is 25.7 Å². The molecular weight excluding hydrogens is 1120 g/mol. The maximum Gasteiger partial charge on any atom is 0.305 e. The second kappa shape index (κ2) is 67.2. The fourth-order valence-electron chi connectivity index (χ4n) is 12.1. The van der Waals surface area contributed by atoms with Gasteiger partial charge in [-0.1, -0.05) is 310 Å². The minimum absolute atomic E-state index is 0.175. The lowest BCUT2D eigenvalue weighted by atomic mass is 9.92. The highest BCUT2D eigenvalue weighted by Crippen LogP contribution is 2.25. The number of aliphatic hydroxyl groups excluding tert-OH is 4. The van der Waals surface area contributed by atoms with Crippen molar-refractivity contribution in [2.24, 2.45) is 5.41 Å². The molecule has 0 fully saturated rings. The van der Waals surface area contributed by atoms with Gasteiger partial charge in [-0.25, -0.2) is 0 Å². The predicted molar refractivity (Wildman–Crippen MR) is 370 cm³/mol. The fourth-order valence-corrected chi connectivity index (χ4v) is 12.1. The molecule has 0 amide bonds. The van der Waals surface area contributed by atoms with Crippen molar-refractivity contribution in [2.75, 3.05) is 26.4 Å². The topological polar surface area (TPSA) is 186 Å². The summed E-state index contributed by atoms with van der Waals surface area (Å²) in [6.45, 7) is 7.95. The van der Waals surface area contributed by atoms with Gasteiger partial charge in [-0.05, 0) is 77.0 Å². The van der Waals surface area contributed by atoms with Gasteiger partial charge < -0.3 is 39.4 Å². The monoisotopic (exact) mass is 1270 g/mol. The number of hydrogen-bond acceptors (Lipinski definition) is 12. The number of aliphatic hydroxyl groups is 4. The number of ether oxygens (including phenoxy) is 4. The van der Waals surface area contributed by atoms with Crippen LogP contribution in [0.3, 0.4) is 0 Å². The molecule has 0 saturated carbocycles. The van der Waals surface area contributed by atoms with Crippen LogP contribution in [0.1, 0.15) is 413 Å². The van der Waals surface area contributed by atoms with E-state index >= 15 is 0 Å². The molecule has 89 heavy (non-hydrogen) atoms. The Morgan fingerprint density at radius 2 is 0.360 bits per heavy atom. The Balaban J connectivity index is 5.53. The van der Waals surface area contributed by atoms with Gasteiger partial charge in [-0.2, -0.15) is 0 Å². The summed E-state index contributed by atoms with van der Waals surface area (Å²) in [5.41, 5.74) is -1.27. The second-order valence-corrected chi connectivity index (χ2v) is 27.6. The molecule has 0 aromatic carbocycles. The van der Waals surface area contributed by atoms with E-state index in [1.807, 2.05) is 0 Å². The van der Waals surface area contributed by atoms with Crippen LogP contribution in [-0.4, -0.2) is 95.1 Å². The van der Waals surface area contributed by atoms with Gasteiger partial charge in [0.05, 0.1) is 24.4 Å². The maximum absolute atomic E-state index is 13.4. The van der Waals surface area contributed by atoms with Crippen molar-refractivity contribution >= 4 is 23.9 Å². The van der Waals surface area contributed by atoms with Gasteiger partial charge in [-0.15, -0.1) is 0 Å². The van der Waals surface area contributed by atoms with Crippen LogP contribution in [0.25, 0.3) is 0 Å². The standard InChI is InChI=1S/C77H148O12/c1-5-9-13-41-53-69(78)57-45-33-25-17-21-29-37-49-61-73(82)86-65-77(66-87-74(83)62-50-38-30-22-18-26-34-46-58-70(79)54-42-14-10-6-2,67-88-75(84)63-51-39-31-23-19-27-35-47-59-71(80)55-43-15-11-7-3)68-89-76(85)64-52-40-32-24-20-28-36-48-60-72(81)56-44-16-12-8-4/h69-72,78-81H,5-68H2,1-4H3. The van der Waals surface area contributed by atoms with Crippen molar-refractivity contribution in [2.45, 2.75) is 437 Å². The average Bonchev–Trinajstić information content (AvgIpc) is 2.73. The Morgan fingerprint density at radius 3 is 0.517 bits per heavy atom. The average molecular weight is 1270 g/mol. The summed E-state index contributed by atoms with van der Waals surface area (Å²) in [5.74, 6) is -1.53. The SMILES string of the molecule is CCCCCCC(O)CCCCCCCCCCC(=O)OCC(COC(=O)CCCCCCCCCCC(O)CCCCCC)(COC(=O)CCCCCCCCCCC(O)CCCCCC)COC(=O)CCCCCCCCCCC(O)CCCCCC. The first kappa shape index (κ1) is 86.7. The van der Waals surface area contributed by atoms with E-state index in [1.165, 1.54) is 77.0 Å². The minimum atomic E-state index is -1.27. The molecule has 0 bridgehead atoms. The van der Waals surface area contributed by atoms with E-state index in [1.54, 1.807) is 0 Å². The van der Waals surface area contributed by atoms with E-state index in [9.17, 15) is 39.6 Å². The molecule has 0 heterocycles. The summed E-state index contributed by atoms with van der Waals surface area (Å²) in [5, 5.41) is 41.3. The molecule has 0 aliphatic heterocycles. The largest absolute Gasteiger partial charge is 0.465 e. The molecular formula is C77H148O12. The first-order chi connectivity index (χ1) is 43.4. The summed E-state index contributed by atoms with van der Waals surface area (Å²) in [6, 6.07) is 0. The van der Waals surface area contributed by atoms with Gasteiger partial charge in [0.1, 0.15) is 31.8 Å². The Kier molecular flexibility index (Phi) is 65.4. The zero-order chi connectivity index (χ0) is 65.2. The van der Waals surface area contributed by atoms with Crippen molar-refractivity contribution in [3.05, 3.63) is 0 Å². The zero-order valence-corrected chi connectivity index (χ0v) is 59.1. The lowest BCUT2D eigenvalue weighted by Crippen LogP contribution is -2.44. The van der Waals surface area contributed by atoms with Gasteiger partial charge in [-0.3, -0.25) is 19.2 Å². The van der Waals surface area contributed by atoms with Gasteiger partial charge in [0.2, 0.25) is 0 Å². The number of carbonyl (C=O) groups is 4. The fraction of sp³-hybridized carbons (Fsp3) is 0.948. The van der Waals surface area contributed by atoms with Crippen LogP contribution in [0.15, 0.2) is 0 Å². The molecule has 4 atom stereocenters. The van der Waals surface area contributed by atoms with Crippen LogP contribution < -0.4 is 0 Å². The molecule has 4 unspecified atom stereocenters. The maximum atomic E-state index is 13.4. The third-order valence-corrected chi connectivity index (χ3v) is 18.4. The number of unbranched alkanes of at least 4 members (excludes halogenated alkanes) is 40. The number of rotatable bonds is 72. The molecule has 0 aliphatic rings. The molecule has 0 aromatic heterocycles. The molecule has 528 valence electrons. The van der Waals surface area contributed by atoms with E-state index in [-0.39, 0.29) is 100 Å². The lowest BCUT2D eigenvalue weighted by molar-refractivity contribution is -0.170. The summed E-state index contributed by atoms with van der Waals surface area (Å²) >= 11 is 0. The molecule has 0 spiro atoms. The van der Waals surface area contributed by atoms with Crippen molar-refractivity contribution in [3.63, 3.8) is 0 Å². The first-order valence-electron chi connectivity index (χ1n) is 38.7. The normalized spacial score (nSPS) is 13.7. The number of hydrogen-bond donors (Lipinski definition) is 4. The third-order valence-electron chi connectivity index (χ3n) is 18.4. The van der Waals surface area contributed by atoms with E-state index in [2.05, 4.69) is 27.7 Å². The van der Waals surface area contributed by atoms with E-state index in [0.717, 1.165) is 257 Å². The van der Waals surface area contributed by atoms with Crippen molar-refractivity contribution in [1.82, 2.24) is 0 Å². The minimum Gasteiger partial charge on any atom is -0.465 e. The van der Waals surface area contributed by atoms with Gasteiger partial charge >= 0.3 is 23.9 Å². The molecule has 12 heteroatoms. The highest BCUT2D eigenvalue weighted by molar-refractivity contribution is 5.71. The molecule has 4 N–H and O–H groups in total. The Morgan fingerprint density at radius 1 is 0.225 bits per heavy atom.